The van der Waals surface area contributed by atoms with Crippen molar-refractivity contribution in [1.29, 1.82) is 0 Å². The predicted molar refractivity (Wildman–Crippen MR) is 196 cm³/mol. The smallest absolute Gasteiger partial charge is 0.0434 e. The summed E-state index contributed by atoms with van der Waals surface area (Å²) in [6.07, 6.45) is 0. The highest BCUT2D eigenvalue weighted by atomic mass is 32.1. The van der Waals surface area contributed by atoms with E-state index in [1.54, 1.807) is 0 Å². The molecule has 0 unspecified atom stereocenters. The number of thiophene rings is 1. The summed E-state index contributed by atoms with van der Waals surface area (Å²) in [7, 11) is 0. The van der Waals surface area contributed by atoms with Crippen molar-refractivity contribution in [2.75, 3.05) is 0 Å². The van der Waals surface area contributed by atoms with Crippen molar-refractivity contribution in [2.24, 2.45) is 0 Å². The molecule has 0 fully saturated rings. The Bertz CT molecular complexity index is 2450. The number of rotatable bonds is 4. The Kier molecular flexibility index (Phi) is 6.11. The molecule has 210 valence electrons. The van der Waals surface area contributed by atoms with Gasteiger partial charge >= 0.3 is 0 Å². The van der Waals surface area contributed by atoms with Crippen LogP contribution in [-0.4, -0.2) is 0 Å². The zero-order chi connectivity index (χ0) is 29.7. The van der Waals surface area contributed by atoms with Crippen LogP contribution in [0.4, 0.5) is 0 Å². The number of hydrogen-bond donors (Lipinski definition) is 0. The molecule has 0 radical (unpaired) electrons. The maximum absolute atomic E-state index is 2.44. The zero-order valence-electron chi connectivity index (χ0n) is 24.6. The van der Waals surface area contributed by atoms with Crippen LogP contribution in [0, 0.1) is 0 Å². The molecular weight excluding hydrogens is 561 g/mol. The van der Waals surface area contributed by atoms with E-state index in [1.807, 2.05) is 11.3 Å². The average molecular weight is 589 g/mol. The van der Waals surface area contributed by atoms with Crippen molar-refractivity contribution in [3.05, 3.63) is 170 Å². The summed E-state index contributed by atoms with van der Waals surface area (Å²) in [4.78, 5) is 0. The van der Waals surface area contributed by atoms with Crippen LogP contribution < -0.4 is 0 Å². The van der Waals surface area contributed by atoms with Crippen molar-refractivity contribution in [3.63, 3.8) is 0 Å². The standard InChI is InChI=1S/C44H28S/c1-4-14-29(15-5-1)33-27-38(30-16-6-2-7-17-30)44-40(28-33)39-26-32(24-25-41(39)45-44)43-36-22-12-10-20-34(36)42(31-18-8-3-9-19-31)35-21-11-13-23-37(35)43/h1-28H. The van der Waals surface area contributed by atoms with Crippen LogP contribution in [0.3, 0.4) is 0 Å². The fraction of sp³-hybridized carbons (Fsp3) is 0. The van der Waals surface area contributed by atoms with E-state index in [4.69, 9.17) is 0 Å². The van der Waals surface area contributed by atoms with E-state index in [0.29, 0.717) is 0 Å². The summed E-state index contributed by atoms with van der Waals surface area (Å²) in [6, 6.07) is 62.1. The van der Waals surface area contributed by atoms with Gasteiger partial charge < -0.3 is 0 Å². The second-order valence-corrected chi connectivity index (χ2v) is 12.7. The van der Waals surface area contributed by atoms with Crippen molar-refractivity contribution in [1.82, 2.24) is 0 Å². The molecule has 9 rings (SSSR count). The number of fused-ring (bicyclic) bond motifs is 5. The second-order valence-electron chi connectivity index (χ2n) is 11.7. The Balaban J connectivity index is 1.36. The van der Waals surface area contributed by atoms with Gasteiger partial charge in [0.05, 0.1) is 0 Å². The molecule has 1 heterocycles. The zero-order valence-corrected chi connectivity index (χ0v) is 25.4. The lowest BCUT2D eigenvalue weighted by atomic mass is 9.85. The Hall–Kier alpha value is -5.50. The first-order valence-corrected chi connectivity index (χ1v) is 16.3. The van der Waals surface area contributed by atoms with Gasteiger partial charge in [0.25, 0.3) is 0 Å². The van der Waals surface area contributed by atoms with Crippen LogP contribution >= 0.6 is 11.3 Å². The van der Waals surface area contributed by atoms with Gasteiger partial charge in [-0.05, 0) is 84.8 Å². The Morgan fingerprint density at radius 1 is 0.289 bits per heavy atom. The molecule has 0 saturated heterocycles. The fourth-order valence-electron chi connectivity index (χ4n) is 7.02. The molecule has 1 aromatic heterocycles. The molecule has 0 atom stereocenters. The SMILES string of the molecule is c1ccc(-c2cc(-c3ccccc3)c3sc4ccc(-c5c6ccccc6c(-c6ccccc6)c6ccccc56)cc4c3c2)cc1. The fourth-order valence-corrected chi connectivity index (χ4v) is 8.22. The van der Waals surface area contributed by atoms with E-state index >= 15 is 0 Å². The van der Waals surface area contributed by atoms with E-state index in [-0.39, 0.29) is 0 Å². The highest BCUT2D eigenvalue weighted by Gasteiger charge is 2.18. The molecule has 0 aliphatic rings. The monoisotopic (exact) mass is 588 g/mol. The normalized spacial score (nSPS) is 11.6. The van der Waals surface area contributed by atoms with E-state index < -0.39 is 0 Å². The second kappa shape index (κ2) is 10.6. The van der Waals surface area contributed by atoms with Crippen LogP contribution in [0.1, 0.15) is 0 Å². The van der Waals surface area contributed by atoms with Gasteiger partial charge in [0.15, 0.2) is 0 Å². The molecule has 8 aromatic carbocycles. The molecule has 0 bridgehead atoms. The van der Waals surface area contributed by atoms with Gasteiger partial charge in [-0.25, -0.2) is 0 Å². The minimum Gasteiger partial charge on any atom is -0.135 e. The summed E-state index contributed by atoms with van der Waals surface area (Å²) in [5, 5.41) is 7.75. The first-order valence-electron chi connectivity index (χ1n) is 15.4. The third-order valence-electron chi connectivity index (χ3n) is 9.05. The largest absolute Gasteiger partial charge is 0.135 e. The Morgan fingerprint density at radius 2 is 0.756 bits per heavy atom. The van der Waals surface area contributed by atoms with Gasteiger partial charge in [0, 0.05) is 25.7 Å². The molecule has 0 amide bonds. The van der Waals surface area contributed by atoms with Gasteiger partial charge in [-0.1, -0.05) is 146 Å². The van der Waals surface area contributed by atoms with E-state index in [1.165, 1.54) is 86.2 Å². The lowest BCUT2D eigenvalue weighted by Gasteiger charge is -2.17. The van der Waals surface area contributed by atoms with Gasteiger partial charge in [-0.15, -0.1) is 11.3 Å². The van der Waals surface area contributed by atoms with E-state index in [0.717, 1.165) is 0 Å². The lowest BCUT2D eigenvalue weighted by Crippen LogP contribution is -1.90. The van der Waals surface area contributed by atoms with Gasteiger partial charge in [-0.2, -0.15) is 0 Å². The van der Waals surface area contributed by atoms with Crippen LogP contribution in [0.15, 0.2) is 170 Å². The Labute approximate surface area is 266 Å². The molecule has 45 heavy (non-hydrogen) atoms. The number of benzene rings is 8. The van der Waals surface area contributed by atoms with Crippen LogP contribution in [-0.2, 0) is 0 Å². The van der Waals surface area contributed by atoms with Crippen molar-refractivity contribution < 1.29 is 0 Å². The molecule has 1 heteroatoms. The Morgan fingerprint density at radius 3 is 1.33 bits per heavy atom. The molecule has 0 aliphatic heterocycles. The predicted octanol–water partition coefficient (Wildman–Crippen LogP) is 13.0. The van der Waals surface area contributed by atoms with Crippen LogP contribution in [0.5, 0.6) is 0 Å². The molecular formula is C44H28S. The maximum atomic E-state index is 2.44. The van der Waals surface area contributed by atoms with Crippen molar-refractivity contribution in [2.45, 2.75) is 0 Å². The molecule has 0 N–H and O–H groups in total. The first kappa shape index (κ1) is 25.9. The summed E-state index contributed by atoms with van der Waals surface area (Å²) < 4.78 is 2.65. The van der Waals surface area contributed by atoms with Gasteiger partial charge in [0.1, 0.15) is 0 Å². The van der Waals surface area contributed by atoms with Gasteiger partial charge in [-0.3, -0.25) is 0 Å². The summed E-state index contributed by atoms with van der Waals surface area (Å²) in [5.74, 6) is 0. The van der Waals surface area contributed by atoms with Crippen LogP contribution in [0.2, 0.25) is 0 Å². The first-order chi connectivity index (χ1) is 22.3. The third kappa shape index (κ3) is 4.28. The van der Waals surface area contributed by atoms with E-state index in [2.05, 4.69) is 170 Å². The lowest BCUT2D eigenvalue weighted by molar-refractivity contribution is 1.63. The topological polar surface area (TPSA) is 0 Å². The molecule has 0 nitrogen and oxygen atoms in total. The van der Waals surface area contributed by atoms with Crippen molar-refractivity contribution in [3.8, 4) is 44.5 Å². The average Bonchev–Trinajstić information content (AvgIpc) is 3.49. The highest BCUT2D eigenvalue weighted by molar-refractivity contribution is 7.26. The molecule has 0 aliphatic carbocycles. The summed E-state index contributed by atoms with van der Waals surface area (Å²) >= 11 is 1.90. The van der Waals surface area contributed by atoms with Crippen molar-refractivity contribution >= 4 is 53.1 Å². The summed E-state index contributed by atoms with van der Waals surface area (Å²) in [5.41, 5.74) is 10.1. The molecule has 9 aromatic rings. The summed E-state index contributed by atoms with van der Waals surface area (Å²) in [6.45, 7) is 0. The maximum Gasteiger partial charge on any atom is 0.0434 e. The number of hydrogen-bond acceptors (Lipinski definition) is 1. The quantitative estimate of drug-likeness (QED) is 0.179. The van der Waals surface area contributed by atoms with Gasteiger partial charge in [0.2, 0.25) is 0 Å². The van der Waals surface area contributed by atoms with E-state index in [9.17, 15) is 0 Å². The molecule has 0 saturated carbocycles. The van der Waals surface area contributed by atoms with Crippen LogP contribution in [0.25, 0.3) is 86.2 Å². The minimum absolute atomic E-state index is 1.24. The minimum atomic E-state index is 1.24. The molecule has 0 spiro atoms. The third-order valence-corrected chi connectivity index (χ3v) is 10.3. The highest BCUT2D eigenvalue weighted by Crippen LogP contribution is 2.47.